The molecule has 0 aromatic heterocycles. The molecule has 0 bridgehead atoms. The molecular formula is C20H26N2O2. The minimum Gasteiger partial charge on any atom is -0.387 e. The van der Waals surface area contributed by atoms with Gasteiger partial charge in [-0.25, -0.2) is 0 Å². The predicted molar refractivity (Wildman–Crippen MR) is 97.0 cm³/mol. The van der Waals surface area contributed by atoms with Gasteiger partial charge in [-0.2, -0.15) is 0 Å². The van der Waals surface area contributed by atoms with Crippen molar-refractivity contribution in [2.45, 2.75) is 25.5 Å². The van der Waals surface area contributed by atoms with Crippen LogP contribution in [0.25, 0.3) is 0 Å². The van der Waals surface area contributed by atoms with Crippen LogP contribution in [0.15, 0.2) is 54.6 Å². The number of aliphatic hydroxyl groups excluding tert-OH is 1. The highest BCUT2D eigenvalue weighted by Crippen LogP contribution is 2.12. The second-order valence-corrected chi connectivity index (χ2v) is 6.34. The van der Waals surface area contributed by atoms with E-state index >= 15 is 0 Å². The van der Waals surface area contributed by atoms with Gasteiger partial charge in [0.25, 0.3) is 5.91 Å². The third-order valence-corrected chi connectivity index (χ3v) is 3.99. The van der Waals surface area contributed by atoms with Crippen molar-refractivity contribution in [2.24, 2.45) is 0 Å². The first-order valence-electron chi connectivity index (χ1n) is 8.24. The van der Waals surface area contributed by atoms with Crippen molar-refractivity contribution in [1.29, 1.82) is 0 Å². The molecular weight excluding hydrogens is 300 g/mol. The number of hydrogen-bond acceptors (Lipinski definition) is 3. The number of carbonyl (C=O) groups is 1. The van der Waals surface area contributed by atoms with Crippen LogP contribution in [0.3, 0.4) is 0 Å². The summed E-state index contributed by atoms with van der Waals surface area (Å²) in [6.45, 7) is 2.61. The van der Waals surface area contributed by atoms with E-state index in [0.29, 0.717) is 12.1 Å². The van der Waals surface area contributed by atoms with Crippen molar-refractivity contribution < 1.29 is 9.90 Å². The number of aliphatic hydroxyl groups is 1. The summed E-state index contributed by atoms with van der Waals surface area (Å²) in [6.07, 6.45) is 0.339. The Morgan fingerprint density at radius 3 is 2.29 bits per heavy atom. The largest absolute Gasteiger partial charge is 0.387 e. The summed E-state index contributed by atoms with van der Waals surface area (Å²) < 4.78 is 0. The highest BCUT2D eigenvalue weighted by Gasteiger charge is 2.11. The highest BCUT2D eigenvalue weighted by molar-refractivity contribution is 5.93. The number of carbonyl (C=O) groups excluding carboxylic acids is 1. The molecule has 1 amide bonds. The molecule has 0 saturated carbocycles. The number of nitrogens with zero attached hydrogens (tertiary/aromatic N) is 1. The monoisotopic (exact) mass is 326 g/mol. The smallest absolute Gasteiger partial charge is 0.253 e. The number of amides is 1. The Balaban J connectivity index is 1.84. The maximum Gasteiger partial charge on any atom is 0.253 e. The Hall–Kier alpha value is -2.17. The molecule has 0 heterocycles. The summed E-state index contributed by atoms with van der Waals surface area (Å²) in [5.74, 6) is 0.0127. The van der Waals surface area contributed by atoms with Crippen LogP contribution >= 0.6 is 0 Å². The van der Waals surface area contributed by atoms with Gasteiger partial charge in [-0.05, 0) is 36.6 Å². The van der Waals surface area contributed by atoms with E-state index in [0.717, 1.165) is 12.0 Å². The maximum atomic E-state index is 11.9. The molecule has 0 aliphatic heterocycles. The molecule has 0 aliphatic rings. The van der Waals surface area contributed by atoms with Crippen LogP contribution in [0.5, 0.6) is 0 Å². The minimum absolute atomic E-state index is 0.0127. The Morgan fingerprint density at radius 2 is 1.71 bits per heavy atom. The van der Waals surface area contributed by atoms with Gasteiger partial charge in [0.1, 0.15) is 0 Å². The molecule has 4 heteroatoms. The number of rotatable bonds is 7. The third kappa shape index (κ3) is 5.18. The van der Waals surface area contributed by atoms with E-state index in [1.54, 1.807) is 19.0 Å². The van der Waals surface area contributed by atoms with Crippen molar-refractivity contribution in [2.75, 3.05) is 20.6 Å². The fourth-order valence-corrected chi connectivity index (χ4v) is 2.57. The average molecular weight is 326 g/mol. The molecule has 24 heavy (non-hydrogen) atoms. The SMILES string of the molecule is CC(Cc1ccc(C(=O)N(C)C)cc1)NC[C@H](O)c1ccccc1. The molecule has 0 spiro atoms. The van der Waals surface area contributed by atoms with E-state index in [9.17, 15) is 9.90 Å². The van der Waals surface area contributed by atoms with Gasteiger partial charge in [-0.15, -0.1) is 0 Å². The van der Waals surface area contributed by atoms with Crippen LogP contribution in [0.1, 0.15) is 34.5 Å². The van der Waals surface area contributed by atoms with Gasteiger partial charge in [-0.3, -0.25) is 4.79 Å². The minimum atomic E-state index is -0.506. The van der Waals surface area contributed by atoms with Crippen LogP contribution in [-0.4, -0.2) is 42.6 Å². The van der Waals surface area contributed by atoms with E-state index in [2.05, 4.69) is 12.2 Å². The molecule has 0 aliphatic carbocycles. The van der Waals surface area contributed by atoms with Gasteiger partial charge in [-0.1, -0.05) is 42.5 Å². The van der Waals surface area contributed by atoms with Crippen molar-refractivity contribution >= 4 is 5.91 Å². The molecule has 0 fully saturated rings. The molecule has 128 valence electrons. The van der Waals surface area contributed by atoms with Crippen LogP contribution in [0.4, 0.5) is 0 Å². The molecule has 4 nitrogen and oxygen atoms in total. The molecule has 2 aromatic rings. The normalized spacial score (nSPS) is 13.3. The first-order valence-corrected chi connectivity index (χ1v) is 8.24. The lowest BCUT2D eigenvalue weighted by Gasteiger charge is -2.18. The molecule has 1 unspecified atom stereocenters. The Kier molecular flexibility index (Phi) is 6.53. The molecule has 2 rings (SSSR count). The van der Waals surface area contributed by atoms with Crippen molar-refractivity contribution in [3.05, 3.63) is 71.3 Å². The topological polar surface area (TPSA) is 52.6 Å². The zero-order valence-corrected chi connectivity index (χ0v) is 14.6. The first kappa shape index (κ1) is 18.2. The second-order valence-electron chi connectivity index (χ2n) is 6.34. The summed E-state index contributed by atoms with van der Waals surface area (Å²) in [7, 11) is 3.50. The van der Waals surface area contributed by atoms with Crippen molar-refractivity contribution in [3.8, 4) is 0 Å². The van der Waals surface area contributed by atoms with Crippen LogP contribution < -0.4 is 5.32 Å². The summed E-state index contributed by atoms with van der Waals surface area (Å²) >= 11 is 0. The van der Waals surface area contributed by atoms with Crippen molar-refractivity contribution in [3.63, 3.8) is 0 Å². The van der Waals surface area contributed by atoms with E-state index in [4.69, 9.17) is 0 Å². The van der Waals surface area contributed by atoms with Gasteiger partial charge in [0.05, 0.1) is 6.10 Å². The zero-order chi connectivity index (χ0) is 17.5. The van der Waals surface area contributed by atoms with E-state index in [-0.39, 0.29) is 11.9 Å². The lowest BCUT2D eigenvalue weighted by atomic mass is 10.0. The number of benzene rings is 2. The third-order valence-electron chi connectivity index (χ3n) is 3.99. The Labute approximate surface area is 144 Å². The quantitative estimate of drug-likeness (QED) is 0.822. The summed E-state index contributed by atoms with van der Waals surface area (Å²) in [5.41, 5.74) is 2.78. The molecule has 2 atom stereocenters. The Morgan fingerprint density at radius 1 is 1.08 bits per heavy atom. The highest BCUT2D eigenvalue weighted by atomic mass is 16.3. The summed E-state index contributed by atoms with van der Waals surface area (Å²) in [4.78, 5) is 13.4. The second kappa shape index (κ2) is 8.62. The van der Waals surface area contributed by atoms with Gasteiger partial charge in [0, 0.05) is 32.2 Å². The lowest BCUT2D eigenvalue weighted by molar-refractivity contribution is 0.0827. The van der Waals surface area contributed by atoms with Gasteiger partial charge in [0.2, 0.25) is 0 Å². The molecule has 2 N–H and O–H groups in total. The van der Waals surface area contributed by atoms with E-state index in [1.165, 1.54) is 5.56 Å². The molecule has 2 aromatic carbocycles. The van der Waals surface area contributed by atoms with Crippen LogP contribution in [0.2, 0.25) is 0 Å². The standard InChI is InChI=1S/C20H26N2O2/c1-15(21-14-19(23)17-7-5-4-6-8-17)13-16-9-11-18(12-10-16)20(24)22(2)3/h4-12,15,19,21,23H,13-14H2,1-3H3/t15?,19-/m0/s1. The van der Waals surface area contributed by atoms with Gasteiger partial charge in [0.15, 0.2) is 0 Å². The van der Waals surface area contributed by atoms with E-state index < -0.39 is 6.10 Å². The maximum absolute atomic E-state index is 11.9. The van der Waals surface area contributed by atoms with Gasteiger partial charge < -0.3 is 15.3 Å². The molecule has 0 saturated heterocycles. The van der Waals surface area contributed by atoms with E-state index in [1.807, 2.05) is 54.6 Å². The summed E-state index contributed by atoms with van der Waals surface area (Å²) in [6, 6.07) is 17.6. The fourth-order valence-electron chi connectivity index (χ4n) is 2.57. The number of hydrogen-bond donors (Lipinski definition) is 2. The average Bonchev–Trinajstić information content (AvgIpc) is 2.60. The molecule has 0 radical (unpaired) electrons. The predicted octanol–water partition coefficient (Wildman–Crippen LogP) is 2.64. The number of nitrogens with one attached hydrogen (secondary N) is 1. The Bertz CT molecular complexity index is 638. The zero-order valence-electron chi connectivity index (χ0n) is 14.6. The van der Waals surface area contributed by atoms with Crippen LogP contribution in [-0.2, 0) is 6.42 Å². The summed E-state index contributed by atoms with van der Waals surface area (Å²) in [5, 5.41) is 13.5. The first-order chi connectivity index (χ1) is 11.5. The van der Waals surface area contributed by atoms with Crippen LogP contribution in [0, 0.1) is 0 Å². The fraction of sp³-hybridized carbons (Fsp3) is 0.350. The lowest BCUT2D eigenvalue weighted by Crippen LogP contribution is -2.32. The van der Waals surface area contributed by atoms with Gasteiger partial charge >= 0.3 is 0 Å². The van der Waals surface area contributed by atoms with Crippen molar-refractivity contribution in [1.82, 2.24) is 10.2 Å².